The summed E-state index contributed by atoms with van der Waals surface area (Å²) in [5, 5.41) is 8.90. The first-order chi connectivity index (χ1) is 8.99. The molecular formula is C13H14BrNO4. The summed E-state index contributed by atoms with van der Waals surface area (Å²) in [6, 6.07) is 4.80. The molecule has 0 spiro atoms. The van der Waals surface area contributed by atoms with Gasteiger partial charge in [-0.1, -0.05) is 0 Å². The molecule has 102 valence electrons. The first-order valence-corrected chi connectivity index (χ1v) is 6.69. The molecule has 1 aliphatic rings. The zero-order valence-corrected chi connectivity index (χ0v) is 12.0. The van der Waals surface area contributed by atoms with Crippen LogP contribution in [0.4, 0.5) is 0 Å². The highest BCUT2D eigenvalue weighted by molar-refractivity contribution is 9.10. The van der Waals surface area contributed by atoms with Crippen LogP contribution in [0.25, 0.3) is 0 Å². The van der Waals surface area contributed by atoms with Gasteiger partial charge in [-0.3, -0.25) is 4.79 Å². The van der Waals surface area contributed by atoms with Gasteiger partial charge in [0.1, 0.15) is 5.75 Å². The molecule has 0 atom stereocenters. The van der Waals surface area contributed by atoms with Gasteiger partial charge in [0.25, 0.3) is 5.91 Å². The van der Waals surface area contributed by atoms with E-state index in [9.17, 15) is 9.59 Å². The predicted octanol–water partition coefficient (Wildman–Crippen LogP) is 2.15. The van der Waals surface area contributed by atoms with Crippen molar-refractivity contribution in [2.45, 2.75) is 18.9 Å². The molecule has 1 fully saturated rings. The van der Waals surface area contributed by atoms with E-state index in [0.717, 1.165) is 12.8 Å². The van der Waals surface area contributed by atoms with Crippen LogP contribution in [0.2, 0.25) is 0 Å². The van der Waals surface area contributed by atoms with Crippen LogP contribution < -0.4 is 4.74 Å². The minimum atomic E-state index is -1.03. The topological polar surface area (TPSA) is 66.8 Å². The molecule has 5 nitrogen and oxygen atoms in total. The van der Waals surface area contributed by atoms with Crippen LogP contribution in [-0.4, -0.2) is 41.6 Å². The SMILES string of the molecule is CN(C(=O)COc1cc(C(=O)O)ccc1Br)C1CC1. The van der Waals surface area contributed by atoms with Crippen LogP contribution in [0.15, 0.2) is 22.7 Å². The number of likely N-dealkylation sites (N-methyl/N-ethyl adjacent to an activating group) is 1. The first-order valence-electron chi connectivity index (χ1n) is 5.90. The van der Waals surface area contributed by atoms with E-state index in [0.29, 0.717) is 16.3 Å². The summed E-state index contributed by atoms with van der Waals surface area (Å²) in [5.74, 6) is -0.772. The third kappa shape index (κ3) is 3.47. The van der Waals surface area contributed by atoms with Crippen molar-refractivity contribution >= 4 is 27.8 Å². The molecule has 0 aliphatic heterocycles. The van der Waals surface area contributed by atoms with Crippen molar-refractivity contribution in [1.29, 1.82) is 0 Å². The Morgan fingerprint density at radius 1 is 1.47 bits per heavy atom. The standard InChI is InChI=1S/C13H14BrNO4/c1-15(9-3-4-9)12(16)7-19-11-6-8(13(17)18)2-5-10(11)14/h2,5-6,9H,3-4,7H2,1H3,(H,17,18). The van der Waals surface area contributed by atoms with Gasteiger partial charge in [0.2, 0.25) is 0 Å². The number of amides is 1. The van der Waals surface area contributed by atoms with Crippen molar-refractivity contribution in [3.63, 3.8) is 0 Å². The Labute approximate surface area is 119 Å². The van der Waals surface area contributed by atoms with Crippen LogP contribution in [0.3, 0.4) is 0 Å². The van der Waals surface area contributed by atoms with Crippen LogP contribution in [0.5, 0.6) is 5.75 Å². The molecule has 0 radical (unpaired) electrons. The molecule has 0 unspecified atom stereocenters. The molecule has 0 saturated heterocycles. The number of hydrogen-bond donors (Lipinski definition) is 1. The normalized spacial score (nSPS) is 14.0. The van der Waals surface area contributed by atoms with Crippen molar-refractivity contribution in [1.82, 2.24) is 4.90 Å². The number of hydrogen-bond acceptors (Lipinski definition) is 3. The van der Waals surface area contributed by atoms with Gasteiger partial charge in [-0.2, -0.15) is 0 Å². The van der Waals surface area contributed by atoms with Crippen LogP contribution in [0, 0.1) is 0 Å². The molecule has 0 bridgehead atoms. The van der Waals surface area contributed by atoms with E-state index < -0.39 is 5.97 Å². The van der Waals surface area contributed by atoms with Crippen LogP contribution >= 0.6 is 15.9 Å². The third-order valence-corrected chi connectivity index (χ3v) is 3.67. The van der Waals surface area contributed by atoms with E-state index in [-0.39, 0.29) is 18.1 Å². The Bertz CT molecular complexity index is 513. The fourth-order valence-corrected chi connectivity index (χ4v) is 2.01. The van der Waals surface area contributed by atoms with Gasteiger partial charge in [0.15, 0.2) is 6.61 Å². The van der Waals surface area contributed by atoms with E-state index in [1.807, 2.05) is 0 Å². The molecule has 1 N–H and O–H groups in total. The molecule has 0 aromatic heterocycles. The number of halogens is 1. The molecule has 19 heavy (non-hydrogen) atoms. The smallest absolute Gasteiger partial charge is 0.335 e. The Balaban J connectivity index is 2.00. The third-order valence-electron chi connectivity index (χ3n) is 3.02. The summed E-state index contributed by atoms with van der Waals surface area (Å²) in [6.45, 7) is -0.0886. The monoisotopic (exact) mass is 327 g/mol. The zero-order chi connectivity index (χ0) is 14.0. The number of benzene rings is 1. The number of carboxylic acid groups (broad SMARTS) is 1. The second-order valence-electron chi connectivity index (χ2n) is 4.47. The molecule has 2 rings (SSSR count). The minimum Gasteiger partial charge on any atom is -0.483 e. The largest absolute Gasteiger partial charge is 0.483 e. The van der Waals surface area contributed by atoms with E-state index in [2.05, 4.69) is 15.9 Å². The Hall–Kier alpha value is -1.56. The molecule has 6 heteroatoms. The maximum Gasteiger partial charge on any atom is 0.335 e. The molecule has 1 aromatic rings. The number of ether oxygens (including phenoxy) is 1. The molecule has 0 heterocycles. The second kappa shape index (κ2) is 5.61. The van der Waals surface area contributed by atoms with E-state index in [1.54, 1.807) is 18.0 Å². The summed E-state index contributed by atoms with van der Waals surface area (Å²) in [5.41, 5.74) is 0.126. The average molecular weight is 328 g/mol. The number of carboxylic acids is 1. The number of carbonyl (C=O) groups is 2. The summed E-state index contributed by atoms with van der Waals surface area (Å²) < 4.78 is 6.01. The van der Waals surface area contributed by atoms with E-state index in [1.165, 1.54) is 12.1 Å². The number of aromatic carboxylic acids is 1. The molecule has 1 amide bonds. The zero-order valence-electron chi connectivity index (χ0n) is 10.4. The van der Waals surface area contributed by atoms with Gasteiger partial charge >= 0.3 is 5.97 Å². The van der Waals surface area contributed by atoms with Gasteiger partial charge < -0.3 is 14.7 Å². The van der Waals surface area contributed by atoms with Gasteiger partial charge in [-0.15, -0.1) is 0 Å². The molecule has 1 saturated carbocycles. The number of rotatable bonds is 5. The fraction of sp³-hybridized carbons (Fsp3) is 0.385. The quantitative estimate of drug-likeness (QED) is 0.899. The number of carbonyl (C=O) groups excluding carboxylic acids is 1. The highest BCUT2D eigenvalue weighted by Gasteiger charge is 2.29. The summed E-state index contributed by atoms with van der Waals surface area (Å²) >= 11 is 3.27. The lowest BCUT2D eigenvalue weighted by Crippen LogP contribution is -2.33. The lowest BCUT2D eigenvalue weighted by molar-refractivity contribution is -0.132. The summed E-state index contributed by atoms with van der Waals surface area (Å²) in [4.78, 5) is 24.3. The number of nitrogens with zero attached hydrogens (tertiary/aromatic N) is 1. The highest BCUT2D eigenvalue weighted by Crippen LogP contribution is 2.27. The van der Waals surface area contributed by atoms with Crippen molar-refractivity contribution in [3.05, 3.63) is 28.2 Å². The average Bonchev–Trinajstić information content (AvgIpc) is 3.20. The molecule has 1 aromatic carbocycles. The maximum atomic E-state index is 11.8. The van der Waals surface area contributed by atoms with Crippen molar-refractivity contribution in [2.24, 2.45) is 0 Å². The maximum absolute atomic E-state index is 11.8. The lowest BCUT2D eigenvalue weighted by Gasteiger charge is -2.17. The van der Waals surface area contributed by atoms with Crippen LogP contribution in [0.1, 0.15) is 23.2 Å². The van der Waals surface area contributed by atoms with Crippen LogP contribution in [-0.2, 0) is 4.79 Å². The predicted molar refractivity (Wildman–Crippen MR) is 72.4 cm³/mol. The molecule has 1 aliphatic carbocycles. The lowest BCUT2D eigenvalue weighted by atomic mass is 10.2. The van der Waals surface area contributed by atoms with Gasteiger partial charge in [0.05, 0.1) is 10.0 Å². The van der Waals surface area contributed by atoms with E-state index >= 15 is 0 Å². The first kappa shape index (κ1) is 13.9. The second-order valence-corrected chi connectivity index (χ2v) is 5.33. The van der Waals surface area contributed by atoms with Gasteiger partial charge in [-0.25, -0.2) is 4.79 Å². The Morgan fingerprint density at radius 3 is 2.74 bits per heavy atom. The Morgan fingerprint density at radius 2 is 2.16 bits per heavy atom. The van der Waals surface area contributed by atoms with Gasteiger partial charge in [-0.05, 0) is 47.0 Å². The summed E-state index contributed by atoms with van der Waals surface area (Å²) in [7, 11) is 1.76. The van der Waals surface area contributed by atoms with Gasteiger partial charge in [0, 0.05) is 13.1 Å². The molecular weight excluding hydrogens is 314 g/mol. The Kier molecular flexibility index (Phi) is 4.09. The van der Waals surface area contributed by atoms with Crippen molar-refractivity contribution in [3.8, 4) is 5.75 Å². The minimum absolute atomic E-state index is 0.0886. The van der Waals surface area contributed by atoms with E-state index in [4.69, 9.17) is 9.84 Å². The van der Waals surface area contributed by atoms with Crippen molar-refractivity contribution < 1.29 is 19.4 Å². The highest BCUT2D eigenvalue weighted by atomic mass is 79.9. The fourth-order valence-electron chi connectivity index (χ4n) is 1.65. The van der Waals surface area contributed by atoms with Crippen molar-refractivity contribution in [2.75, 3.05) is 13.7 Å². The summed E-state index contributed by atoms with van der Waals surface area (Å²) in [6.07, 6.45) is 2.08.